The Morgan fingerprint density at radius 3 is 2.29 bits per heavy atom. The van der Waals surface area contributed by atoms with E-state index in [4.69, 9.17) is 5.73 Å². The first kappa shape index (κ1) is 12.0. The zero-order valence-corrected chi connectivity index (χ0v) is 9.84. The number of nitrogens with zero attached hydrogens (tertiary/aromatic N) is 1. The summed E-state index contributed by atoms with van der Waals surface area (Å²) in [7, 11) is 0. The van der Waals surface area contributed by atoms with Crippen molar-refractivity contribution in [3.63, 3.8) is 0 Å². The monoisotopic (exact) mass is 198 g/mol. The quantitative estimate of drug-likeness (QED) is 0.687. The fourth-order valence-corrected chi connectivity index (χ4v) is 2.53. The Morgan fingerprint density at radius 2 is 1.71 bits per heavy atom. The summed E-state index contributed by atoms with van der Waals surface area (Å²) in [6.45, 7) is 6.88. The first-order chi connectivity index (χ1) is 6.75. The molecule has 0 aromatic carbocycles. The number of hydrogen-bond acceptors (Lipinski definition) is 2. The Kier molecular flexibility index (Phi) is 5.49. The topological polar surface area (TPSA) is 29.3 Å². The van der Waals surface area contributed by atoms with Gasteiger partial charge >= 0.3 is 0 Å². The third-order valence-electron chi connectivity index (χ3n) is 3.50. The van der Waals surface area contributed by atoms with Gasteiger partial charge in [0.1, 0.15) is 0 Å². The second-order valence-electron chi connectivity index (χ2n) is 4.72. The van der Waals surface area contributed by atoms with Gasteiger partial charge in [0.05, 0.1) is 0 Å². The number of hydrogen-bond donors (Lipinski definition) is 1. The molecule has 2 atom stereocenters. The Labute approximate surface area is 88.8 Å². The lowest BCUT2D eigenvalue weighted by molar-refractivity contribution is 0.101. The minimum absolute atomic E-state index is 0.802. The molecule has 2 nitrogen and oxygen atoms in total. The molecule has 0 radical (unpaired) electrons. The molecular weight excluding hydrogens is 172 g/mol. The van der Waals surface area contributed by atoms with Crippen molar-refractivity contribution in [1.29, 1.82) is 0 Å². The molecule has 1 aliphatic heterocycles. The highest BCUT2D eigenvalue weighted by Gasteiger charge is 2.23. The molecule has 2 heteroatoms. The van der Waals surface area contributed by atoms with Gasteiger partial charge < -0.3 is 5.73 Å². The first-order valence-corrected chi connectivity index (χ1v) is 6.21. The van der Waals surface area contributed by atoms with Crippen molar-refractivity contribution in [3.05, 3.63) is 0 Å². The van der Waals surface area contributed by atoms with Gasteiger partial charge in [-0.2, -0.15) is 0 Å². The van der Waals surface area contributed by atoms with Crippen LogP contribution >= 0.6 is 0 Å². The average Bonchev–Trinajstić information content (AvgIpc) is 2.16. The summed E-state index contributed by atoms with van der Waals surface area (Å²) >= 11 is 0. The van der Waals surface area contributed by atoms with Crippen LogP contribution in [0.15, 0.2) is 0 Å². The van der Waals surface area contributed by atoms with Crippen LogP contribution in [-0.2, 0) is 0 Å². The second kappa shape index (κ2) is 6.41. The number of piperidine rings is 1. The fraction of sp³-hybridized carbons (Fsp3) is 1.00. The highest BCUT2D eigenvalue weighted by molar-refractivity contribution is 4.79. The lowest BCUT2D eigenvalue weighted by Gasteiger charge is -2.39. The molecule has 0 bridgehead atoms. The molecule has 1 aliphatic rings. The molecule has 84 valence electrons. The van der Waals surface area contributed by atoms with Crippen molar-refractivity contribution in [2.45, 2.75) is 64.5 Å². The van der Waals surface area contributed by atoms with Crippen LogP contribution in [0.5, 0.6) is 0 Å². The molecule has 1 heterocycles. The number of likely N-dealkylation sites (tertiary alicyclic amines) is 1. The van der Waals surface area contributed by atoms with Crippen molar-refractivity contribution in [1.82, 2.24) is 4.90 Å². The molecule has 14 heavy (non-hydrogen) atoms. The van der Waals surface area contributed by atoms with Gasteiger partial charge in [-0.05, 0) is 52.6 Å². The minimum atomic E-state index is 0.802. The van der Waals surface area contributed by atoms with Crippen molar-refractivity contribution < 1.29 is 0 Å². The highest BCUT2D eigenvalue weighted by Crippen LogP contribution is 2.22. The van der Waals surface area contributed by atoms with Crippen molar-refractivity contribution in [3.8, 4) is 0 Å². The molecule has 2 unspecified atom stereocenters. The number of rotatable bonds is 5. The van der Waals surface area contributed by atoms with Crippen molar-refractivity contribution in [2.24, 2.45) is 5.73 Å². The van der Waals surface area contributed by atoms with E-state index in [1.54, 1.807) is 0 Å². The zero-order chi connectivity index (χ0) is 10.4. The molecule has 1 rings (SSSR count). The van der Waals surface area contributed by atoms with Crippen LogP contribution in [0.25, 0.3) is 0 Å². The van der Waals surface area contributed by atoms with Crippen LogP contribution in [0, 0.1) is 0 Å². The highest BCUT2D eigenvalue weighted by atomic mass is 15.2. The summed E-state index contributed by atoms with van der Waals surface area (Å²) in [6.07, 6.45) is 8.01. The summed E-state index contributed by atoms with van der Waals surface area (Å²) in [4.78, 5) is 2.68. The summed E-state index contributed by atoms with van der Waals surface area (Å²) in [5.74, 6) is 0. The summed E-state index contributed by atoms with van der Waals surface area (Å²) in [5, 5.41) is 0. The minimum Gasteiger partial charge on any atom is -0.330 e. The molecule has 0 amide bonds. The third-order valence-corrected chi connectivity index (χ3v) is 3.50. The molecule has 0 saturated carbocycles. The van der Waals surface area contributed by atoms with E-state index in [0.717, 1.165) is 18.6 Å². The molecule has 0 aliphatic carbocycles. The van der Waals surface area contributed by atoms with Gasteiger partial charge in [-0.3, -0.25) is 4.90 Å². The van der Waals surface area contributed by atoms with E-state index in [1.807, 2.05) is 0 Å². The Balaban J connectivity index is 2.19. The van der Waals surface area contributed by atoms with Gasteiger partial charge in [0.15, 0.2) is 0 Å². The number of unbranched alkanes of at least 4 members (excludes halogenated alkanes) is 2. The molecule has 1 fully saturated rings. The predicted octanol–water partition coefficient (Wildman–Crippen LogP) is 2.38. The molecule has 0 aromatic heterocycles. The normalized spacial score (nSPS) is 29.4. The largest absolute Gasteiger partial charge is 0.330 e. The van der Waals surface area contributed by atoms with Crippen molar-refractivity contribution in [2.75, 3.05) is 13.1 Å². The number of nitrogens with two attached hydrogens (primary N) is 1. The van der Waals surface area contributed by atoms with Gasteiger partial charge in [-0.25, -0.2) is 0 Å². The first-order valence-electron chi connectivity index (χ1n) is 6.21. The molecule has 0 aromatic rings. The predicted molar refractivity (Wildman–Crippen MR) is 62.4 cm³/mol. The van der Waals surface area contributed by atoms with Crippen LogP contribution < -0.4 is 5.73 Å². The van der Waals surface area contributed by atoms with E-state index in [9.17, 15) is 0 Å². The van der Waals surface area contributed by atoms with Gasteiger partial charge in [-0.1, -0.05) is 12.8 Å². The van der Waals surface area contributed by atoms with E-state index in [0.29, 0.717) is 0 Å². The summed E-state index contributed by atoms with van der Waals surface area (Å²) in [5.41, 5.74) is 5.49. The maximum absolute atomic E-state index is 5.49. The maximum atomic E-state index is 5.49. The molecular formula is C12H26N2. The maximum Gasteiger partial charge on any atom is 0.00697 e. The third kappa shape index (κ3) is 3.58. The van der Waals surface area contributed by atoms with Crippen LogP contribution in [0.4, 0.5) is 0 Å². The zero-order valence-electron chi connectivity index (χ0n) is 9.84. The van der Waals surface area contributed by atoms with E-state index in [1.165, 1.54) is 45.1 Å². The smallest absolute Gasteiger partial charge is 0.00697 e. The Hall–Kier alpha value is -0.0800. The fourth-order valence-electron chi connectivity index (χ4n) is 2.53. The summed E-state index contributed by atoms with van der Waals surface area (Å²) < 4.78 is 0. The second-order valence-corrected chi connectivity index (χ2v) is 4.72. The van der Waals surface area contributed by atoms with Gasteiger partial charge in [0.2, 0.25) is 0 Å². The standard InChI is InChI=1S/C12H26N2/c1-11-7-6-8-12(2)14(11)10-5-3-4-9-13/h11-12H,3-10,13H2,1-2H3. The molecule has 2 N–H and O–H groups in total. The van der Waals surface area contributed by atoms with Crippen LogP contribution in [0.3, 0.4) is 0 Å². The van der Waals surface area contributed by atoms with Gasteiger partial charge in [-0.15, -0.1) is 0 Å². The lowest BCUT2D eigenvalue weighted by atomic mass is 9.97. The van der Waals surface area contributed by atoms with Crippen LogP contribution in [0.1, 0.15) is 52.4 Å². The summed E-state index contributed by atoms with van der Waals surface area (Å²) in [6, 6.07) is 1.60. The Morgan fingerprint density at radius 1 is 1.07 bits per heavy atom. The molecule has 0 spiro atoms. The van der Waals surface area contributed by atoms with Crippen LogP contribution in [-0.4, -0.2) is 30.1 Å². The van der Waals surface area contributed by atoms with E-state index < -0.39 is 0 Å². The van der Waals surface area contributed by atoms with E-state index in [-0.39, 0.29) is 0 Å². The SMILES string of the molecule is CC1CCCC(C)N1CCCCCN. The molecule has 1 saturated heterocycles. The van der Waals surface area contributed by atoms with Crippen molar-refractivity contribution >= 4 is 0 Å². The van der Waals surface area contributed by atoms with E-state index >= 15 is 0 Å². The Bertz CT molecular complexity index is 137. The van der Waals surface area contributed by atoms with Gasteiger partial charge in [0.25, 0.3) is 0 Å². The average molecular weight is 198 g/mol. The lowest BCUT2D eigenvalue weighted by Crippen LogP contribution is -2.44. The van der Waals surface area contributed by atoms with Crippen LogP contribution in [0.2, 0.25) is 0 Å². The van der Waals surface area contributed by atoms with E-state index in [2.05, 4.69) is 18.7 Å². The van der Waals surface area contributed by atoms with Gasteiger partial charge in [0, 0.05) is 12.1 Å².